The maximum absolute atomic E-state index is 5.73. The van der Waals surface area contributed by atoms with Gasteiger partial charge in [-0.3, -0.25) is 0 Å². The first-order valence-corrected chi connectivity index (χ1v) is 6.98. The first-order valence-electron chi connectivity index (χ1n) is 5.18. The van der Waals surface area contributed by atoms with Crippen LogP contribution in [0.15, 0.2) is 24.3 Å². The maximum atomic E-state index is 5.73. The van der Waals surface area contributed by atoms with Crippen molar-refractivity contribution in [2.24, 2.45) is 5.73 Å². The van der Waals surface area contributed by atoms with Crippen LogP contribution in [-0.2, 0) is 0 Å². The summed E-state index contributed by atoms with van der Waals surface area (Å²) in [6.45, 7) is 2.20. The minimum Gasteiger partial charge on any atom is -0.389 e. The van der Waals surface area contributed by atoms with E-state index in [1.807, 2.05) is 30.0 Å². The Bertz CT molecular complexity index is 366. The monoisotopic (exact) mass is 254 g/mol. The molecule has 4 heteroatoms. The van der Waals surface area contributed by atoms with Gasteiger partial charge in [-0.25, -0.2) is 0 Å². The van der Waals surface area contributed by atoms with Gasteiger partial charge in [0.1, 0.15) is 4.99 Å². The Hall–Kier alpha value is -0.740. The molecular weight excluding hydrogens is 236 g/mol. The van der Waals surface area contributed by atoms with Gasteiger partial charge in [0.05, 0.1) is 0 Å². The van der Waals surface area contributed by atoms with Crippen LogP contribution < -0.4 is 10.6 Å². The summed E-state index contributed by atoms with van der Waals surface area (Å²) in [5.74, 6) is 1.09. The van der Waals surface area contributed by atoms with E-state index in [-0.39, 0.29) is 0 Å². The van der Waals surface area contributed by atoms with E-state index in [0.717, 1.165) is 17.0 Å². The van der Waals surface area contributed by atoms with E-state index >= 15 is 0 Å². The average molecular weight is 254 g/mol. The van der Waals surface area contributed by atoms with Gasteiger partial charge in [0.2, 0.25) is 0 Å². The van der Waals surface area contributed by atoms with Crippen molar-refractivity contribution in [1.29, 1.82) is 0 Å². The molecule has 0 radical (unpaired) electrons. The number of para-hydroxylation sites is 1. The predicted octanol–water partition coefficient (Wildman–Crippen LogP) is 2.51. The van der Waals surface area contributed by atoms with Crippen LogP contribution in [0.5, 0.6) is 0 Å². The number of nitrogens with zero attached hydrogens (tertiary/aromatic N) is 1. The zero-order valence-electron chi connectivity index (χ0n) is 9.93. The molecule has 2 N–H and O–H groups in total. The van der Waals surface area contributed by atoms with E-state index in [1.54, 1.807) is 0 Å². The second-order valence-corrected chi connectivity index (χ2v) is 5.15. The first kappa shape index (κ1) is 13.3. The number of rotatable bonds is 5. The molecule has 16 heavy (non-hydrogen) atoms. The molecule has 0 saturated heterocycles. The smallest absolute Gasteiger partial charge is 0.106 e. The third kappa shape index (κ3) is 3.12. The summed E-state index contributed by atoms with van der Waals surface area (Å²) in [5.41, 5.74) is 7.79. The standard InChI is InChI=1S/C12H18N2S2/c1-9(8-16-3)14(2)11-7-5-4-6-10(11)12(13)15/h4-7,9H,8H2,1-3H3,(H2,13,15). The highest BCUT2D eigenvalue weighted by Crippen LogP contribution is 2.21. The Morgan fingerprint density at radius 2 is 2.12 bits per heavy atom. The minimum atomic E-state index is 0.457. The summed E-state index contributed by atoms with van der Waals surface area (Å²) < 4.78 is 0. The molecular formula is C12H18N2S2. The van der Waals surface area contributed by atoms with Crippen molar-refractivity contribution in [1.82, 2.24) is 0 Å². The highest BCUT2D eigenvalue weighted by Gasteiger charge is 2.13. The molecule has 0 heterocycles. The second kappa shape index (κ2) is 6.11. The van der Waals surface area contributed by atoms with Gasteiger partial charge >= 0.3 is 0 Å². The van der Waals surface area contributed by atoms with Crippen LogP contribution >= 0.6 is 24.0 Å². The van der Waals surface area contributed by atoms with Crippen LogP contribution in [0, 0.1) is 0 Å². The van der Waals surface area contributed by atoms with Crippen LogP contribution in [-0.4, -0.2) is 30.1 Å². The lowest BCUT2D eigenvalue weighted by molar-refractivity contribution is 0.765. The van der Waals surface area contributed by atoms with Gasteiger partial charge in [0, 0.05) is 30.1 Å². The summed E-state index contributed by atoms with van der Waals surface area (Å²) in [5, 5.41) is 0. The lowest BCUT2D eigenvalue weighted by Gasteiger charge is -2.28. The van der Waals surface area contributed by atoms with Crippen molar-refractivity contribution < 1.29 is 0 Å². The van der Waals surface area contributed by atoms with Crippen molar-refractivity contribution in [2.75, 3.05) is 24.0 Å². The Morgan fingerprint density at radius 3 is 2.69 bits per heavy atom. The largest absolute Gasteiger partial charge is 0.389 e. The molecule has 1 rings (SSSR count). The molecule has 0 bridgehead atoms. The number of thioether (sulfide) groups is 1. The molecule has 1 aromatic rings. The molecule has 0 amide bonds. The molecule has 0 aliphatic rings. The first-order chi connectivity index (χ1) is 7.57. The van der Waals surface area contributed by atoms with Crippen LogP contribution in [0.4, 0.5) is 5.69 Å². The van der Waals surface area contributed by atoms with Crippen LogP contribution in [0.1, 0.15) is 12.5 Å². The summed E-state index contributed by atoms with van der Waals surface area (Å²) in [6.07, 6.45) is 2.11. The van der Waals surface area contributed by atoms with Gasteiger partial charge in [-0.2, -0.15) is 11.8 Å². The Kier molecular flexibility index (Phi) is 5.09. The zero-order chi connectivity index (χ0) is 12.1. The summed E-state index contributed by atoms with van der Waals surface area (Å²) in [4.78, 5) is 2.68. The SMILES string of the molecule is CSCC(C)N(C)c1ccccc1C(N)=S. The van der Waals surface area contributed by atoms with E-state index in [0.29, 0.717) is 11.0 Å². The molecule has 0 saturated carbocycles. The van der Waals surface area contributed by atoms with Crippen LogP contribution in [0.3, 0.4) is 0 Å². The Balaban J connectivity index is 2.98. The molecule has 1 atom stereocenters. The number of nitrogens with two attached hydrogens (primary N) is 1. The number of thiocarbonyl (C=S) groups is 1. The Labute approximate surface area is 107 Å². The van der Waals surface area contributed by atoms with Gasteiger partial charge in [-0.05, 0) is 25.3 Å². The normalized spacial score (nSPS) is 12.2. The lowest BCUT2D eigenvalue weighted by atomic mass is 10.1. The van der Waals surface area contributed by atoms with Crippen LogP contribution in [0.25, 0.3) is 0 Å². The zero-order valence-corrected chi connectivity index (χ0v) is 11.6. The van der Waals surface area contributed by atoms with Crippen molar-refractivity contribution in [3.05, 3.63) is 29.8 Å². The summed E-state index contributed by atoms with van der Waals surface area (Å²) >= 11 is 6.91. The number of benzene rings is 1. The highest BCUT2D eigenvalue weighted by atomic mass is 32.2. The fourth-order valence-electron chi connectivity index (χ4n) is 1.58. The number of anilines is 1. The van der Waals surface area contributed by atoms with Gasteiger partial charge < -0.3 is 10.6 Å². The fourth-order valence-corrected chi connectivity index (χ4v) is 2.46. The fraction of sp³-hybridized carbons (Fsp3) is 0.417. The molecule has 1 unspecified atom stereocenters. The average Bonchev–Trinajstić information content (AvgIpc) is 2.28. The molecule has 0 fully saturated rings. The van der Waals surface area contributed by atoms with E-state index in [1.165, 1.54) is 0 Å². The lowest BCUT2D eigenvalue weighted by Crippen LogP contribution is -2.32. The third-order valence-corrected chi connectivity index (χ3v) is 3.65. The summed E-state index contributed by atoms with van der Waals surface area (Å²) in [6, 6.07) is 8.47. The van der Waals surface area contributed by atoms with Crippen LogP contribution in [0.2, 0.25) is 0 Å². The van der Waals surface area contributed by atoms with E-state index in [4.69, 9.17) is 18.0 Å². The van der Waals surface area contributed by atoms with Crippen molar-refractivity contribution >= 4 is 34.7 Å². The number of hydrogen-bond donors (Lipinski definition) is 1. The van der Waals surface area contributed by atoms with E-state index in [2.05, 4.69) is 31.2 Å². The van der Waals surface area contributed by atoms with E-state index in [9.17, 15) is 0 Å². The number of hydrogen-bond acceptors (Lipinski definition) is 3. The van der Waals surface area contributed by atoms with Gasteiger partial charge in [-0.1, -0.05) is 24.4 Å². The molecule has 0 aliphatic heterocycles. The molecule has 1 aromatic carbocycles. The molecule has 0 aliphatic carbocycles. The molecule has 0 spiro atoms. The van der Waals surface area contributed by atoms with Gasteiger partial charge in [-0.15, -0.1) is 0 Å². The molecule has 2 nitrogen and oxygen atoms in total. The topological polar surface area (TPSA) is 29.3 Å². The van der Waals surface area contributed by atoms with Crippen molar-refractivity contribution in [3.8, 4) is 0 Å². The van der Waals surface area contributed by atoms with Crippen molar-refractivity contribution in [3.63, 3.8) is 0 Å². The maximum Gasteiger partial charge on any atom is 0.106 e. The van der Waals surface area contributed by atoms with Gasteiger partial charge in [0.25, 0.3) is 0 Å². The molecule has 88 valence electrons. The predicted molar refractivity (Wildman–Crippen MR) is 78.6 cm³/mol. The Morgan fingerprint density at radius 1 is 1.50 bits per heavy atom. The van der Waals surface area contributed by atoms with E-state index < -0.39 is 0 Å². The molecule has 0 aromatic heterocycles. The minimum absolute atomic E-state index is 0.457. The van der Waals surface area contributed by atoms with Crippen molar-refractivity contribution in [2.45, 2.75) is 13.0 Å². The van der Waals surface area contributed by atoms with Gasteiger partial charge in [0.15, 0.2) is 0 Å². The third-order valence-electron chi connectivity index (χ3n) is 2.62. The quantitative estimate of drug-likeness (QED) is 0.818. The second-order valence-electron chi connectivity index (χ2n) is 3.80. The summed E-state index contributed by atoms with van der Waals surface area (Å²) in [7, 11) is 2.08. The highest BCUT2D eigenvalue weighted by molar-refractivity contribution is 7.98.